The number of sulfonamides is 1. The molecule has 1 N–H and O–H groups in total. The first-order valence-corrected chi connectivity index (χ1v) is 12.0. The van der Waals surface area contributed by atoms with Crippen molar-refractivity contribution in [2.24, 2.45) is 0 Å². The molecule has 0 spiro atoms. The highest BCUT2D eigenvalue weighted by molar-refractivity contribution is 7.89. The maximum absolute atomic E-state index is 13.2. The van der Waals surface area contributed by atoms with Crippen molar-refractivity contribution in [3.8, 4) is 5.75 Å². The Balaban J connectivity index is 1.85. The number of anilines is 1. The van der Waals surface area contributed by atoms with E-state index in [0.717, 1.165) is 4.31 Å². The normalized spacial score (nSPS) is 12.1. The topological polar surface area (TPSA) is 102 Å². The Morgan fingerprint density at radius 2 is 1.53 bits per heavy atom. The number of hydrogen-bond acceptors (Lipinski definition) is 6. The second kappa shape index (κ2) is 11.0. The van der Waals surface area contributed by atoms with Crippen molar-refractivity contribution in [3.05, 3.63) is 90.0 Å². The second-order valence-corrected chi connectivity index (χ2v) is 9.58. The molecular formula is C25H26N2O6S. The van der Waals surface area contributed by atoms with Crippen molar-refractivity contribution in [3.63, 3.8) is 0 Å². The number of amides is 1. The van der Waals surface area contributed by atoms with E-state index in [2.05, 4.69) is 5.32 Å². The van der Waals surface area contributed by atoms with Crippen molar-refractivity contribution in [1.29, 1.82) is 0 Å². The fourth-order valence-corrected chi connectivity index (χ4v) is 4.00. The Kier molecular flexibility index (Phi) is 8.04. The van der Waals surface area contributed by atoms with Crippen molar-refractivity contribution in [1.82, 2.24) is 4.31 Å². The molecule has 0 heterocycles. The SMILES string of the molecule is CCOc1ccccc1NC(=O)[C@@H](OC(=O)c1ccc(S(=O)(=O)N(C)C)cc1)c1ccccc1. The summed E-state index contributed by atoms with van der Waals surface area (Å²) in [7, 11) is -0.795. The Bertz CT molecular complexity index is 1240. The molecule has 1 atom stereocenters. The molecule has 0 aliphatic rings. The minimum Gasteiger partial charge on any atom is -0.492 e. The lowest BCUT2D eigenvalue weighted by molar-refractivity contribution is -0.125. The average Bonchev–Trinajstić information content (AvgIpc) is 2.84. The van der Waals surface area contributed by atoms with Gasteiger partial charge in [-0.3, -0.25) is 4.79 Å². The molecule has 0 fully saturated rings. The third-order valence-electron chi connectivity index (χ3n) is 4.88. The van der Waals surface area contributed by atoms with Gasteiger partial charge in [-0.1, -0.05) is 42.5 Å². The molecule has 0 saturated heterocycles. The monoisotopic (exact) mass is 482 g/mol. The quantitative estimate of drug-likeness (QED) is 0.465. The van der Waals surface area contributed by atoms with Crippen LogP contribution in [0.25, 0.3) is 0 Å². The van der Waals surface area contributed by atoms with Crippen LogP contribution in [0.2, 0.25) is 0 Å². The summed E-state index contributed by atoms with van der Waals surface area (Å²) in [5, 5.41) is 2.77. The van der Waals surface area contributed by atoms with Crippen LogP contribution >= 0.6 is 0 Å². The largest absolute Gasteiger partial charge is 0.492 e. The zero-order chi connectivity index (χ0) is 24.7. The number of hydrogen-bond donors (Lipinski definition) is 1. The molecule has 3 aromatic carbocycles. The first-order valence-electron chi connectivity index (χ1n) is 10.5. The van der Waals surface area contributed by atoms with E-state index >= 15 is 0 Å². The lowest BCUT2D eigenvalue weighted by atomic mass is 10.1. The Morgan fingerprint density at radius 1 is 0.912 bits per heavy atom. The van der Waals surface area contributed by atoms with Crippen LogP contribution in [0, 0.1) is 0 Å². The average molecular weight is 483 g/mol. The molecule has 0 bridgehead atoms. The van der Waals surface area contributed by atoms with Crippen molar-refractivity contribution in [2.45, 2.75) is 17.9 Å². The van der Waals surface area contributed by atoms with Gasteiger partial charge in [0.2, 0.25) is 16.1 Å². The molecule has 3 aromatic rings. The number of nitrogens with one attached hydrogen (secondary N) is 1. The molecule has 0 aliphatic carbocycles. The van der Waals surface area contributed by atoms with E-state index in [0.29, 0.717) is 23.6 Å². The summed E-state index contributed by atoms with van der Waals surface area (Å²) in [4.78, 5) is 26.1. The van der Waals surface area contributed by atoms with Crippen molar-refractivity contribution in [2.75, 3.05) is 26.0 Å². The molecule has 0 radical (unpaired) electrons. The van der Waals surface area contributed by atoms with E-state index in [4.69, 9.17) is 9.47 Å². The lowest BCUT2D eigenvalue weighted by Crippen LogP contribution is -2.26. The molecule has 178 valence electrons. The third-order valence-corrected chi connectivity index (χ3v) is 6.71. The van der Waals surface area contributed by atoms with E-state index in [9.17, 15) is 18.0 Å². The van der Waals surface area contributed by atoms with E-state index < -0.39 is 28.0 Å². The minimum absolute atomic E-state index is 0.0407. The van der Waals surface area contributed by atoms with Gasteiger partial charge in [-0.15, -0.1) is 0 Å². The zero-order valence-electron chi connectivity index (χ0n) is 19.1. The fourth-order valence-electron chi connectivity index (χ4n) is 3.10. The maximum Gasteiger partial charge on any atom is 0.339 e. The van der Waals surface area contributed by atoms with E-state index in [1.54, 1.807) is 54.6 Å². The molecule has 8 nitrogen and oxygen atoms in total. The summed E-state index contributed by atoms with van der Waals surface area (Å²) in [6.45, 7) is 2.26. The van der Waals surface area contributed by atoms with Crippen LogP contribution in [0.5, 0.6) is 5.75 Å². The van der Waals surface area contributed by atoms with E-state index in [1.807, 2.05) is 6.92 Å². The van der Waals surface area contributed by atoms with Crippen LogP contribution in [-0.2, 0) is 19.6 Å². The van der Waals surface area contributed by atoms with Gasteiger partial charge < -0.3 is 14.8 Å². The number of para-hydroxylation sites is 2. The van der Waals surface area contributed by atoms with Gasteiger partial charge >= 0.3 is 5.97 Å². The van der Waals surface area contributed by atoms with Crippen molar-refractivity contribution >= 4 is 27.6 Å². The number of rotatable bonds is 9. The summed E-state index contributed by atoms with van der Waals surface area (Å²) in [6.07, 6.45) is -1.24. The predicted molar refractivity (Wildman–Crippen MR) is 128 cm³/mol. The van der Waals surface area contributed by atoms with Gasteiger partial charge in [0.15, 0.2) is 0 Å². The van der Waals surface area contributed by atoms with Crippen LogP contribution in [-0.4, -0.2) is 45.3 Å². The van der Waals surface area contributed by atoms with E-state index in [1.165, 1.54) is 38.4 Å². The van der Waals surface area contributed by atoms with Gasteiger partial charge in [0.1, 0.15) is 5.75 Å². The predicted octanol–water partition coefficient (Wildman–Crippen LogP) is 3.87. The van der Waals surface area contributed by atoms with Crippen LogP contribution < -0.4 is 10.1 Å². The lowest BCUT2D eigenvalue weighted by Gasteiger charge is -2.19. The Hall–Kier alpha value is -3.69. The standard InChI is InChI=1S/C25H26N2O6S/c1-4-32-22-13-9-8-12-21(22)26-24(28)23(18-10-6-5-7-11-18)33-25(29)19-14-16-20(17-15-19)34(30,31)27(2)3/h5-17,23H,4H2,1-3H3,(H,26,28)/t23-/m0/s1. The third kappa shape index (κ3) is 5.81. The first-order chi connectivity index (χ1) is 16.2. The Morgan fingerprint density at radius 3 is 2.15 bits per heavy atom. The highest BCUT2D eigenvalue weighted by Gasteiger charge is 2.27. The maximum atomic E-state index is 13.2. The number of esters is 1. The van der Waals surface area contributed by atoms with Gasteiger partial charge in [-0.25, -0.2) is 17.5 Å². The van der Waals surface area contributed by atoms with Crippen LogP contribution in [0.15, 0.2) is 83.8 Å². The molecule has 0 saturated carbocycles. The molecule has 0 unspecified atom stereocenters. The fraction of sp³-hybridized carbons (Fsp3) is 0.200. The number of carbonyl (C=O) groups excluding carboxylic acids is 2. The number of carbonyl (C=O) groups is 2. The molecule has 3 rings (SSSR count). The van der Waals surface area contributed by atoms with Gasteiger partial charge in [0, 0.05) is 19.7 Å². The summed E-state index contributed by atoms with van der Waals surface area (Å²) in [5.74, 6) is -0.830. The Labute approximate surface area is 199 Å². The second-order valence-electron chi connectivity index (χ2n) is 7.43. The summed E-state index contributed by atoms with van der Waals surface area (Å²) in [5.41, 5.74) is 1.04. The summed E-state index contributed by atoms with van der Waals surface area (Å²) < 4.78 is 36.7. The first kappa shape index (κ1) is 24.9. The molecule has 0 aromatic heterocycles. The van der Waals surface area contributed by atoms with Crippen molar-refractivity contribution < 1.29 is 27.5 Å². The molecular weight excluding hydrogens is 456 g/mol. The molecule has 0 aliphatic heterocycles. The smallest absolute Gasteiger partial charge is 0.339 e. The van der Waals surface area contributed by atoms with Crippen LogP contribution in [0.1, 0.15) is 28.9 Å². The molecule has 9 heteroatoms. The van der Waals surface area contributed by atoms with Gasteiger partial charge in [-0.05, 0) is 43.3 Å². The number of benzene rings is 3. The highest BCUT2D eigenvalue weighted by atomic mass is 32.2. The van der Waals surface area contributed by atoms with Crippen LogP contribution in [0.4, 0.5) is 5.69 Å². The van der Waals surface area contributed by atoms with Gasteiger partial charge in [0.05, 0.1) is 22.8 Å². The van der Waals surface area contributed by atoms with Gasteiger partial charge in [-0.2, -0.15) is 0 Å². The zero-order valence-corrected chi connectivity index (χ0v) is 19.9. The highest BCUT2D eigenvalue weighted by Crippen LogP contribution is 2.27. The van der Waals surface area contributed by atoms with Gasteiger partial charge in [0.25, 0.3) is 5.91 Å². The molecule has 1 amide bonds. The van der Waals surface area contributed by atoms with E-state index in [-0.39, 0.29) is 10.5 Å². The summed E-state index contributed by atoms with van der Waals surface area (Å²) in [6, 6.07) is 20.9. The minimum atomic E-state index is -3.64. The summed E-state index contributed by atoms with van der Waals surface area (Å²) >= 11 is 0. The molecule has 34 heavy (non-hydrogen) atoms. The number of nitrogens with zero attached hydrogens (tertiary/aromatic N) is 1. The number of ether oxygens (including phenoxy) is 2. The van der Waals surface area contributed by atoms with Crippen LogP contribution in [0.3, 0.4) is 0 Å².